The van der Waals surface area contributed by atoms with Crippen molar-refractivity contribution in [1.82, 2.24) is 15.5 Å². The van der Waals surface area contributed by atoms with Crippen LogP contribution in [-0.2, 0) is 19.1 Å². The average Bonchev–Trinajstić information content (AvgIpc) is 3.22. The maximum absolute atomic E-state index is 13.7. The number of hydrogen-bond donors (Lipinski definition) is 2. The van der Waals surface area contributed by atoms with Crippen molar-refractivity contribution in [3.63, 3.8) is 0 Å². The Bertz CT molecular complexity index is 752. The number of nitrogens with one attached hydrogen (secondary N) is 2. The molecule has 3 fully saturated rings. The standard InChI is InChI=1S/C26H43N3O5/c1-17(30)20(16-18-10-8-11-18)27-23(31)21-14-9-15-29(21)24(32)22(19-12-6-5-7-13-19)28-25(33)34-26(2,3)4/h18-22H,5-16H2,1-4H3,(H,27,31)(H,28,33)/t20?,21?,22-/m0/s1. The summed E-state index contributed by atoms with van der Waals surface area (Å²) in [4.78, 5) is 53.3. The highest BCUT2D eigenvalue weighted by molar-refractivity contribution is 5.94. The molecule has 0 aromatic heterocycles. The van der Waals surface area contributed by atoms with E-state index in [0.29, 0.717) is 25.3 Å². The molecule has 1 saturated heterocycles. The molecule has 3 aliphatic rings. The number of ketones is 1. The van der Waals surface area contributed by atoms with Gasteiger partial charge in [0, 0.05) is 6.54 Å². The van der Waals surface area contributed by atoms with Gasteiger partial charge in [0.25, 0.3) is 0 Å². The van der Waals surface area contributed by atoms with E-state index in [2.05, 4.69) is 10.6 Å². The molecule has 8 heteroatoms. The van der Waals surface area contributed by atoms with Crippen LogP contribution in [0.5, 0.6) is 0 Å². The van der Waals surface area contributed by atoms with Crippen molar-refractivity contribution in [3.8, 4) is 0 Å². The van der Waals surface area contributed by atoms with Gasteiger partial charge in [0.2, 0.25) is 11.8 Å². The number of alkyl carbamates (subject to hydrolysis) is 1. The summed E-state index contributed by atoms with van der Waals surface area (Å²) in [6.45, 7) is 7.37. The Kier molecular flexibility index (Phi) is 8.99. The Morgan fingerprint density at radius 2 is 1.59 bits per heavy atom. The second-order valence-electron chi connectivity index (χ2n) is 11.4. The molecule has 2 saturated carbocycles. The number of ether oxygens (including phenoxy) is 1. The van der Waals surface area contributed by atoms with Crippen LogP contribution in [0.3, 0.4) is 0 Å². The fraction of sp³-hybridized carbons (Fsp3) is 0.846. The summed E-state index contributed by atoms with van der Waals surface area (Å²) in [5.41, 5.74) is -0.664. The van der Waals surface area contributed by atoms with E-state index in [1.807, 2.05) is 0 Å². The monoisotopic (exact) mass is 477 g/mol. The van der Waals surface area contributed by atoms with Gasteiger partial charge in [-0.3, -0.25) is 14.4 Å². The number of nitrogens with zero attached hydrogens (tertiary/aromatic N) is 1. The van der Waals surface area contributed by atoms with Crippen LogP contribution in [0.15, 0.2) is 0 Å². The van der Waals surface area contributed by atoms with E-state index < -0.39 is 29.8 Å². The third-order valence-corrected chi connectivity index (χ3v) is 7.50. The minimum absolute atomic E-state index is 0.0293. The molecule has 1 heterocycles. The molecule has 0 radical (unpaired) electrons. The van der Waals surface area contributed by atoms with Gasteiger partial charge >= 0.3 is 6.09 Å². The molecule has 2 N–H and O–H groups in total. The molecule has 3 rings (SSSR count). The van der Waals surface area contributed by atoms with Crippen LogP contribution in [0.1, 0.15) is 98.3 Å². The highest BCUT2D eigenvalue weighted by Crippen LogP contribution is 2.32. The van der Waals surface area contributed by atoms with E-state index in [0.717, 1.165) is 51.4 Å². The van der Waals surface area contributed by atoms with Crippen LogP contribution < -0.4 is 10.6 Å². The van der Waals surface area contributed by atoms with Crippen LogP contribution in [0.2, 0.25) is 0 Å². The Morgan fingerprint density at radius 1 is 0.912 bits per heavy atom. The minimum atomic E-state index is -0.706. The lowest BCUT2D eigenvalue weighted by Crippen LogP contribution is -2.57. The summed E-state index contributed by atoms with van der Waals surface area (Å²) < 4.78 is 5.44. The van der Waals surface area contributed by atoms with Gasteiger partial charge in [-0.05, 0) is 71.6 Å². The van der Waals surface area contributed by atoms with Crippen molar-refractivity contribution in [2.24, 2.45) is 11.8 Å². The molecule has 2 aliphatic carbocycles. The van der Waals surface area contributed by atoms with Crippen molar-refractivity contribution < 1.29 is 23.9 Å². The minimum Gasteiger partial charge on any atom is -0.444 e. The van der Waals surface area contributed by atoms with Gasteiger partial charge in [-0.15, -0.1) is 0 Å². The van der Waals surface area contributed by atoms with Crippen molar-refractivity contribution in [2.75, 3.05) is 6.54 Å². The van der Waals surface area contributed by atoms with E-state index in [9.17, 15) is 19.2 Å². The highest BCUT2D eigenvalue weighted by Gasteiger charge is 2.42. The number of hydrogen-bond acceptors (Lipinski definition) is 5. The van der Waals surface area contributed by atoms with Gasteiger partial charge < -0.3 is 20.3 Å². The van der Waals surface area contributed by atoms with Crippen LogP contribution in [0.4, 0.5) is 4.79 Å². The van der Waals surface area contributed by atoms with Gasteiger partial charge in [-0.2, -0.15) is 0 Å². The lowest BCUT2D eigenvalue weighted by atomic mass is 9.80. The summed E-state index contributed by atoms with van der Waals surface area (Å²) in [6, 6.07) is -1.81. The van der Waals surface area contributed by atoms with Gasteiger partial charge in [-0.1, -0.05) is 38.5 Å². The van der Waals surface area contributed by atoms with Gasteiger partial charge in [0.05, 0.1) is 6.04 Å². The molecular formula is C26H43N3O5. The summed E-state index contributed by atoms with van der Waals surface area (Å²) in [5, 5.41) is 5.78. The largest absolute Gasteiger partial charge is 0.444 e. The molecular weight excluding hydrogens is 434 g/mol. The van der Waals surface area contributed by atoms with E-state index >= 15 is 0 Å². The Hall–Kier alpha value is -2.12. The number of carbonyl (C=O) groups is 4. The summed E-state index contributed by atoms with van der Waals surface area (Å²) in [6.07, 6.45) is 9.66. The molecule has 34 heavy (non-hydrogen) atoms. The van der Waals surface area contributed by atoms with Gasteiger partial charge in [0.1, 0.15) is 17.7 Å². The van der Waals surface area contributed by atoms with Gasteiger partial charge in [0.15, 0.2) is 5.78 Å². The maximum Gasteiger partial charge on any atom is 0.408 e. The first kappa shape index (κ1) is 26.5. The second-order valence-corrected chi connectivity index (χ2v) is 11.4. The number of Topliss-reactive ketones (excluding diaryl/α,β-unsaturated/α-hetero) is 1. The van der Waals surface area contributed by atoms with Crippen molar-refractivity contribution in [3.05, 3.63) is 0 Å². The zero-order valence-corrected chi connectivity index (χ0v) is 21.4. The predicted molar refractivity (Wildman–Crippen MR) is 129 cm³/mol. The molecule has 0 aromatic carbocycles. The maximum atomic E-state index is 13.7. The van der Waals surface area contributed by atoms with E-state index in [-0.39, 0.29) is 23.5 Å². The topological polar surface area (TPSA) is 105 Å². The Balaban J connectivity index is 1.70. The molecule has 0 spiro atoms. The normalized spacial score (nSPS) is 23.5. The number of carbonyl (C=O) groups excluding carboxylic acids is 4. The van der Waals surface area contributed by atoms with Crippen molar-refractivity contribution >= 4 is 23.7 Å². The fourth-order valence-corrected chi connectivity index (χ4v) is 5.42. The fourth-order valence-electron chi connectivity index (χ4n) is 5.42. The van der Waals surface area contributed by atoms with Crippen LogP contribution in [0.25, 0.3) is 0 Å². The summed E-state index contributed by atoms with van der Waals surface area (Å²) >= 11 is 0. The van der Waals surface area contributed by atoms with Crippen molar-refractivity contribution in [2.45, 2.75) is 122 Å². The van der Waals surface area contributed by atoms with E-state index in [1.54, 1.807) is 25.7 Å². The molecule has 0 aromatic rings. The predicted octanol–water partition coefficient (Wildman–Crippen LogP) is 3.72. The van der Waals surface area contributed by atoms with Crippen LogP contribution in [-0.4, -0.2) is 58.9 Å². The molecule has 3 amide bonds. The number of rotatable bonds is 8. The molecule has 192 valence electrons. The Morgan fingerprint density at radius 3 is 2.15 bits per heavy atom. The quantitative estimate of drug-likeness (QED) is 0.554. The smallest absolute Gasteiger partial charge is 0.408 e. The molecule has 3 atom stereocenters. The zero-order chi connectivity index (χ0) is 24.9. The average molecular weight is 478 g/mol. The Labute approximate surface area is 203 Å². The third kappa shape index (κ3) is 7.19. The van der Waals surface area contributed by atoms with Crippen LogP contribution >= 0.6 is 0 Å². The second kappa shape index (κ2) is 11.5. The highest BCUT2D eigenvalue weighted by atomic mass is 16.6. The zero-order valence-electron chi connectivity index (χ0n) is 21.4. The molecule has 0 bridgehead atoms. The summed E-state index contributed by atoms with van der Waals surface area (Å²) in [7, 11) is 0. The first-order valence-corrected chi connectivity index (χ1v) is 13.2. The lowest BCUT2D eigenvalue weighted by molar-refractivity contribution is -0.142. The number of amides is 3. The molecule has 2 unspecified atom stereocenters. The third-order valence-electron chi connectivity index (χ3n) is 7.50. The van der Waals surface area contributed by atoms with Crippen LogP contribution in [0, 0.1) is 11.8 Å². The first-order valence-electron chi connectivity index (χ1n) is 13.2. The molecule has 1 aliphatic heterocycles. The molecule has 8 nitrogen and oxygen atoms in total. The summed E-state index contributed by atoms with van der Waals surface area (Å²) in [5.74, 6) is 0.00694. The van der Waals surface area contributed by atoms with E-state index in [4.69, 9.17) is 4.74 Å². The first-order chi connectivity index (χ1) is 16.0. The van der Waals surface area contributed by atoms with E-state index in [1.165, 1.54) is 13.3 Å². The number of likely N-dealkylation sites (tertiary alicyclic amines) is 1. The van der Waals surface area contributed by atoms with Crippen molar-refractivity contribution in [1.29, 1.82) is 0 Å². The van der Waals surface area contributed by atoms with Gasteiger partial charge in [-0.25, -0.2) is 4.79 Å². The lowest BCUT2D eigenvalue weighted by Gasteiger charge is -2.35. The SMILES string of the molecule is CC(=O)C(CC1CCC1)NC(=O)C1CCCN1C(=O)[C@@H](NC(=O)OC(C)(C)C)C1CCCCC1.